The molecule has 0 saturated heterocycles. The molecule has 2 N–H and O–H groups in total. The Kier molecular flexibility index (Phi) is 4.21. The minimum atomic E-state index is -0.552. The van der Waals surface area contributed by atoms with Gasteiger partial charge in [-0.1, -0.05) is 29.8 Å². The Hall–Kier alpha value is -2.53. The zero-order valence-electron chi connectivity index (χ0n) is 12.4. The first-order valence-corrected chi connectivity index (χ1v) is 7.49. The number of fused-ring (bicyclic) bond motifs is 1. The summed E-state index contributed by atoms with van der Waals surface area (Å²) in [6.45, 7) is 0. The molecular formula is C17H15ClN2O3. The number of amides is 2. The number of rotatable bonds is 3. The summed E-state index contributed by atoms with van der Waals surface area (Å²) in [5, 5.41) is 6.07. The van der Waals surface area contributed by atoms with Gasteiger partial charge in [0.15, 0.2) is 0 Å². The van der Waals surface area contributed by atoms with Crippen molar-refractivity contribution >= 4 is 34.8 Å². The van der Waals surface area contributed by atoms with E-state index < -0.39 is 5.92 Å². The van der Waals surface area contributed by atoms with Crippen LogP contribution in [0.1, 0.15) is 17.9 Å². The van der Waals surface area contributed by atoms with E-state index in [9.17, 15) is 9.59 Å². The maximum absolute atomic E-state index is 12.7. The molecule has 2 amide bonds. The van der Waals surface area contributed by atoms with Crippen LogP contribution in [-0.4, -0.2) is 18.9 Å². The molecule has 1 atom stereocenters. The van der Waals surface area contributed by atoms with Gasteiger partial charge in [0.2, 0.25) is 11.8 Å². The van der Waals surface area contributed by atoms with Gasteiger partial charge in [-0.3, -0.25) is 9.59 Å². The molecule has 0 spiro atoms. The van der Waals surface area contributed by atoms with Gasteiger partial charge >= 0.3 is 0 Å². The maximum Gasteiger partial charge on any atom is 0.232 e. The second-order valence-corrected chi connectivity index (χ2v) is 5.66. The molecule has 1 aliphatic heterocycles. The zero-order chi connectivity index (χ0) is 16.4. The molecule has 0 aliphatic carbocycles. The summed E-state index contributed by atoms with van der Waals surface area (Å²) in [7, 11) is 1.52. The molecule has 1 heterocycles. The number of methoxy groups -OCH3 is 1. The van der Waals surface area contributed by atoms with E-state index in [1.165, 1.54) is 7.11 Å². The van der Waals surface area contributed by atoms with Gasteiger partial charge in [0.1, 0.15) is 5.75 Å². The highest BCUT2D eigenvalue weighted by molar-refractivity contribution is 6.31. The van der Waals surface area contributed by atoms with Crippen LogP contribution in [0.3, 0.4) is 0 Å². The van der Waals surface area contributed by atoms with Crippen molar-refractivity contribution in [3.8, 4) is 5.75 Å². The molecule has 5 nitrogen and oxygen atoms in total. The number of para-hydroxylation sites is 1. The minimum absolute atomic E-state index is 0.103. The quantitative estimate of drug-likeness (QED) is 0.906. The standard InChI is InChI=1S/C17H15ClN2O3/c1-23-15-7-6-10(18)8-14(15)20-17(22)12-9-16(21)19-13-5-3-2-4-11(12)13/h2-8,12H,9H2,1H3,(H,19,21)(H,20,22). The average molecular weight is 331 g/mol. The van der Waals surface area contributed by atoms with Crippen molar-refractivity contribution in [2.45, 2.75) is 12.3 Å². The van der Waals surface area contributed by atoms with E-state index in [0.717, 1.165) is 5.56 Å². The van der Waals surface area contributed by atoms with E-state index >= 15 is 0 Å². The van der Waals surface area contributed by atoms with Crippen LogP contribution in [0, 0.1) is 0 Å². The lowest BCUT2D eigenvalue weighted by molar-refractivity contribution is -0.123. The van der Waals surface area contributed by atoms with Crippen molar-refractivity contribution in [2.75, 3.05) is 17.7 Å². The SMILES string of the molecule is COc1ccc(Cl)cc1NC(=O)C1CC(=O)Nc2ccccc21. The van der Waals surface area contributed by atoms with Crippen LogP contribution in [0.15, 0.2) is 42.5 Å². The molecule has 3 rings (SSSR count). The average Bonchev–Trinajstić information content (AvgIpc) is 2.54. The van der Waals surface area contributed by atoms with Crippen LogP contribution in [0.2, 0.25) is 5.02 Å². The van der Waals surface area contributed by atoms with Gasteiger partial charge in [-0.05, 0) is 29.8 Å². The second-order valence-electron chi connectivity index (χ2n) is 5.23. The fourth-order valence-electron chi connectivity index (χ4n) is 2.64. The highest BCUT2D eigenvalue weighted by atomic mass is 35.5. The van der Waals surface area contributed by atoms with E-state index in [0.29, 0.717) is 22.1 Å². The largest absolute Gasteiger partial charge is 0.495 e. The summed E-state index contributed by atoms with van der Waals surface area (Å²) in [5.74, 6) is -0.491. The molecule has 1 unspecified atom stereocenters. The van der Waals surface area contributed by atoms with Crippen molar-refractivity contribution in [2.24, 2.45) is 0 Å². The van der Waals surface area contributed by atoms with E-state index in [1.807, 2.05) is 18.2 Å². The molecule has 0 saturated carbocycles. The van der Waals surface area contributed by atoms with Crippen molar-refractivity contribution in [1.82, 2.24) is 0 Å². The predicted octanol–water partition coefficient (Wildman–Crippen LogP) is 3.41. The van der Waals surface area contributed by atoms with Crippen LogP contribution in [-0.2, 0) is 9.59 Å². The Morgan fingerprint density at radius 3 is 2.87 bits per heavy atom. The molecule has 118 valence electrons. The molecule has 0 fully saturated rings. The van der Waals surface area contributed by atoms with Crippen LogP contribution in [0.5, 0.6) is 5.75 Å². The molecule has 1 aliphatic rings. The Morgan fingerprint density at radius 2 is 2.09 bits per heavy atom. The third-order valence-electron chi connectivity index (χ3n) is 3.74. The van der Waals surface area contributed by atoms with Gasteiger partial charge in [0.25, 0.3) is 0 Å². The van der Waals surface area contributed by atoms with Crippen molar-refractivity contribution in [3.63, 3.8) is 0 Å². The number of anilines is 2. The van der Waals surface area contributed by atoms with Crippen molar-refractivity contribution in [3.05, 3.63) is 53.1 Å². The maximum atomic E-state index is 12.7. The number of halogens is 1. The van der Waals surface area contributed by atoms with E-state index in [4.69, 9.17) is 16.3 Å². The number of ether oxygens (including phenoxy) is 1. The molecule has 2 aromatic carbocycles. The van der Waals surface area contributed by atoms with Crippen LogP contribution in [0.4, 0.5) is 11.4 Å². The topological polar surface area (TPSA) is 67.4 Å². The first-order valence-electron chi connectivity index (χ1n) is 7.11. The molecular weight excluding hydrogens is 316 g/mol. The fraction of sp³-hybridized carbons (Fsp3) is 0.176. The predicted molar refractivity (Wildman–Crippen MR) is 89.1 cm³/mol. The smallest absolute Gasteiger partial charge is 0.232 e. The third kappa shape index (κ3) is 3.14. The molecule has 6 heteroatoms. The Balaban J connectivity index is 1.90. The number of hydrogen-bond acceptors (Lipinski definition) is 3. The lowest BCUT2D eigenvalue weighted by Gasteiger charge is -2.25. The third-order valence-corrected chi connectivity index (χ3v) is 3.97. The zero-order valence-corrected chi connectivity index (χ0v) is 13.2. The van der Waals surface area contributed by atoms with E-state index in [1.54, 1.807) is 24.3 Å². The van der Waals surface area contributed by atoms with Gasteiger partial charge in [0, 0.05) is 17.1 Å². The van der Waals surface area contributed by atoms with Crippen LogP contribution in [0.25, 0.3) is 0 Å². The van der Waals surface area contributed by atoms with Crippen molar-refractivity contribution in [1.29, 1.82) is 0 Å². The van der Waals surface area contributed by atoms with Gasteiger partial charge in [-0.15, -0.1) is 0 Å². The first-order chi connectivity index (χ1) is 11.1. The van der Waals surface area contributed by atoms with Gasteiger partial charge < -0.3 is 15.4 Å². The fourth-order valence-corrected chi connectivity index (χ4v) is 2.82. The van der Waals surface area contributed by atoms with Crippen molar-refractivity contribution < 1.29 is 14.3 Å². The van der Waals surface area contributed by atoms with E-state index in [-0.39, 0.29) is 18.2 Å². The Bertz CT molecular complexity index is 776. The van der Waals surface area contributed by atoms with Crippen LogP contribution < -0.4 is 15.4 Å². The normalized spacial score (nSPS) is 16.3. The Labute approximate surface area is 138 Å². The summed E-state index contributed by atoms with van der Waals surface area (Å²) in [5.41, 5.74) is 1.95. The monoisotopic (exact) mass is 330 g/mol. The molecule has 2 aromatic rings. The number of hydrogen-bond donors (Lipinski definition) is 2. The number of benzene rings is 2. The second kappa shape index (κ2) is 6.30. The molecule has 0 bridgehead atoms. The lowest BCUT2D eigenvalue weighted by atomic mass is 9.90. The summed E-state index contributed by atoms with van der Waals surface area (Å²) < 4.78 is 5.23. The first kappa shape index (κ1) is 15.4. The summed E-state index contributed by atoms with van der Waals surface area (Å²) >= 11 is 5.98. The number of carbonyl (C=O) groups excluding carboxylic acids is 2. The van der Waals surface area contributed by atoms with E-state index in [2.05, 4.69) is 10.6 Å². The van der Waals surface area contributed by atoms with Gasteiger partial charge in [-0.2, -0.15) is 0 Å². The number of nitrogens with one attached hydrogen (secondary N) is 2. The molecule has 0 aromatic heterocycles. The molecule has 0 radical (unpaired) electrons. The number of carbonyl (C=O) groups is 2. The summed E-state index contributed by atoms with van der Waals surface area (Å²) in [4.78, 5) is 24.5. The highest BCUT2D eigenvalue weighted by Crippen LogP contribution is 2.34. The summed E-state index contributed by atoms with van der Waals surface area (Å²) in [6, 6.07) is 12.3. The van der Waals surface area contributed by atoms with Gasteiger partial charge in [-0.25, -0.2) is 0 Å². The van der Waals surface area contributed by atoms with Gasteiger partial charge in [0.05, 0.1) is 18.7 Å². The lowest BCUT2D eigenvalue weighted by Crippen LogP contribution is -2.30. The Morgan fingerprint density at radius 1 is 1.30 bits per heavy atom. The van der Waals surface area contributed by atoms with Crippen LogP contribution >= 0.6 is 11.6 Å². The highest BCUT2D eigenvalue weighted by Gasteiger charge is 2.30. The summed E-state index contributed by atoms with van der Waals surface area (Å²) in [6.07, 6.45) is 0.103. The molecule has 23 heavy (non-hydrogen) atoms. The minimum Gasteiger partial charge on any atom is -0.495 e.